The lowest BCUT2D eigenvalue weighted by Gasteiger charge is -2.18. The summed E-state index contributed by atoms with van der Waals surface area (Å²) >= 11 is 6.89. The third-order valence-electron chi connectivity index (χ3n) is 2.77. The molecule has 1 nitrogen and oxygen atoms in total. The van der Waals surface area contributed by atoms with E-state index in [0.29, 0.717) is 11.8 Å². The zero-order valence-electron chi connectivity index (χ0n) is 10.6. The molecule has 2 unspecified atom stereocenters. The van der Waals surface area contributed by atoms with Crippen LogP contribution in [0.1, 0.15) is 45.3 Å². The number of hydrogen-bond acceptors (Lipinski definition) is 1. The van der Waals surface area contributed by atoms with E-state index in [-0.39, 0.29) is 6.10 Å². The fraction of sp³-hybridized carbons (Fsp3) is 0.571. The molecule has 0 spiro atoms. The largest absolute Gasteiger partial charge is 0.388 e. The lowest BCUT2D eigenvalue weighted by molar-refractivity contribution is 0.142. The Kier molecular flexibility index (Phi) is 6.18. The third kappa shape index (κ3) is 5.54. The van der Waals surface area contributed by atoms with E-state index in [1.54, 1.807) is 0 Å². The van der Waals surface area contributed by atoms with Crippen LogP contribution in [0.4, 0.5) is 0 Å². The molecule has 0 radical (unpaired) electrons. The highest BCUT2D eigenvalue weighted by molar-refractivity contribution is 9.11. The first-order valence-corrected chi connectivity index (χ1v) is 7.61. The number of rotatable bonds is 5. The molecular formula is C14H20Br2O. The Hall–Kier alpha value is 0.140. The van der Waals surface area contributed by atoms with Gasteiger partial charge in [-0.15, -0.1) is 0 Å². The van der Waals surface area contributed by atoms with Crippen LogP contribution in [-0.4, -0.2) is 5.11 Å². The Morgan fingerprint density at radius 3 is 2.00 bits per heavy atom. The highest BCUT2D eigenvalue weighted by Gasteiger charge is 2.14. The molecule has 0 fully saturated rings. The van der Waals surface area contributed by atoms with Gasteiger partial charge in [0.15, 0.2) is 0 Å². The summed E-state index contributed by atoms with van der Waals surface area (Å²) in [5.74, 6) is 1.23. The Labute approximate surface area is 121 Å². The van der Waals surface area contributed by atoms with Gasteiger partial charge in [-0.3, -0.25) is 0 Å². The average Bonchev–Trinajstić information content (AvgIpc) is 2.14. The fourth-order valence-electron chi connectivity index (χ4n) is 2.19. The van der Waals surface area contributed by atoms with Crippen LogP contribution in [0.25, 0.3) is 0 Å². The normalized spacial score (nSPS) is 15.0. The predicted octanol–water partition coefficient (Wildman–Crippen LogP) is 5.32. The van der Waals surface area contributed by atoms with Crippen molar-refractivity contribution in [3.05, 3.63) is 32.7 Å². The van der Waals surface area contributed by atoms with Crippen LogP contribution in [0.5, 0.6) is 0 Å². The number of benzene rings is 1. The molecule has 1 rings (SSSR count). The maximum atomic E-state index is 10.2. The monoisotopic (exact) mass is 362 g/mol. The first-order valence-electron chi connectivity index (χ1n) is 6.02. The van der Waals surface area contributed by atoms with Crippen LogP contribution >= 0.6 is 31.9 Å². The average molecular weight is 364 g/mol. The van der Waals surface area contributed by atoms with E-state index in [1.807, 2.05) is 18.2 Å². The standard InChI is InChI=1S/C14H20Br2O/c1-9(2)4-10(3)5-14(17)11-6-12(15)8-13(16)7-11/h6-10,14,17H,4-5H2,1-3H3. The molecule has 2 atom stereocenters. The van der Waals surface area contributed by atoms with Gasteiger partial charge in [0.1, 0.15) is 0 Å². The topological polar surface area (TPSA) is 20.2 Å². The van der Waals surface area contributed by atoms with E-state index in [4.69, 9.17) is 0 Å². The maximum Gasteiger partial charge on any atom is 0.0793 e. The van der Waals surface area contributed by atoms with Crippen molar-refractivity contribution in [3.63, 3.8) is 0 Å². The second-order valence-electron chi connectivity index (χ2n) is 5.19. The first kappa shape index (κ1) is 15.2. The molecule has 0 amide bonds. The van der Waals surface area contributed by atoms with E-state index in [1.165, 1.54) is 0 Å². The molecule has 96 valence electrons. The first-order chi connectivity index (χ1) is 7.88. The Morgan fingerprint density at radius 1 is 1.00 bits per heavy atom. The van der Waals surface area contributed by atoms with Crippen LogP contribution in [0.2, 0.25) is 0 Å². The summed E-state index contributed by atoms with van der Waals surface area (Å²) in [5.41, 5.74) is 0.974. The molecule has 17 heavy (non-hydrogen) atoms. The zero-order valence-corrected chi connectivity index (χ0v) is 13.8. The van der Waals surface area contributed by atoms with Crippen LogP contribution in [0, 0.1) is 11.8 Å². The SMILES string of the molecule is CC(C)CC(C)CC(O)c1cc(Br)cc(Br)c1. The van der Waals surface area contributed by atoms with Gasteiger partial charge >= 0.3 is 0 Å². The molecule has 0 bridgehead atoms. The van der Waals surface area contributed by atoms with Crippen molar-refractivity contribution in [2.45, 2.75) is 39.7 Å². The lowest BCUT2D eigenvalue weighted by atomic mass is 9.91. The van der Waals surface area contributed by atoms with E-state index < -0.39 is 0 Å². The summed E-state index contributed by atoms with van der Waals surface area (Å²) in [7, 11) is 0. The number of aliphatic hydroxyl groups is 1. The molecule has 0 saturated heterocycles. The summed E-state index contributed by atoms with van der Waals surface area (Å²) in [6.07, 6.45) is 1.60. The smallest absolute Gasteiger partial charge is 0.0793 e. The summed E-state index contributed by atoms with van der Waals surface area (Å²) in [4.78, 5) is 0. The van der Waals surface area contributed by atoms with Gasteiger partial charge in [-0.1, -0.05) is 52.6 Å². The van der Waals surface area contributed by atoms with E-state index in [9.17, 15) is 5.11 Å². The predicted molar refractivity (Wildman–Crippen MR) is 80.0 cm³/mol. The van der Waals surface area contributed by atoms with Crippen LogP contribution in [0.3, 0.4) is 0 Å². The van der Waals surface area contributed by atoms with Crippen molar-refractivity contribution in [1.29, 1.82) is 0 Å². The van der Waals surface area contributed by atoms with Gasteiger partial charge < -0.3 is 5.11 Å². The number of halogens is 2. The number of aliphatic hydroxyl groups excluding tert-OH is 1. The summed E-state index contributed by atoms with van der Waals surface area (Å²) in [6.45, 7) is 6.65. The summed E-state index contributed by atoms with van der Waals surface area (Å²) in [5, 5.41) is 10.2. The summed E-state index contributed by atoms with van der Waals surface area (Å²) in [6, 6.07) is 5.95. The second-order valence-corrected chi connectivity index (χ2v) is 7.02. The van der Waals surface area contributed by atoms with Gasteiger partial charge in [0.25, 0.3) is 0 Å². The Morgan fingerprint density at radius 2 is 1.53 bits per heavy atom. The zero-order chi connectivity index (χ0) is 13.0. The molecule has 0 saturated carbocycles. The Balaban J connectivity index is 2.66. The van der Waals surface area contributed by atoms with Gasteiger partial charge in [-0.25, -0.2) is 0 Å². The van der Waals surface area contributed by atoms with Gasteiger partial charge in [0.2, 0.25) is 0 Å². The van der Waals surface area contributed by atoms with Crippen LogP contribution < -0.4 is 0 Å². The quantitative estimate of drug-likeness (QED) is 0.750. The summed E-state index contributed by atoms with van der Waals surface area (Å²) < 4.78 is 2.00. The molecule has 0 aromatic heterocycles. The van der Waals surface area contributed by atoms with E-state index in [2.05, 4.69) is 52.6 Å². The highest BCUT2D eigenvalue weighted by atomic mass is 79.9. The van der Waals surface area contributed by atoms with Gasteiger partial charge in [-0.05, 0) is 48.4 Å². The van der Waals surface area contributed by atoms with Crippen molar-refractivity contribution in [3.8, 4) is 0 Å². The molecule has 3 heteroatoms. The third-order valence-corrected chi connectivity index (χ3v) is 3.68. The van der Waals surface area contributed by atoms with E-state index >= 15 is 0 Å². The van der Waals surface area contributed by atoms with Crippen molar-refractivity contribution in [2.75, 3.05) is 0 Å². The number of hydrogen-bond donors (Lipinski definition) is 1. The minimum atomic E-state index is -0.377. The van der Waals surface area contributed by atoms with Crippen LogP contribution in [-0.2, 0) is 0 Å². The van der Waals surface area contributed by atoms with Crippen molar-refractivity contribution < 1.29 is 5.11 Å². The minimum absolute atomic E-state index is 0.377. The minimum Gasteiger partial charge on any atom is -0.388 e. The van der Waals surface area contributed by atoms with Gasteiger partial charge in [-0.2, -0.15) is 0 Å². The second kappa shape index (κ2) is 6.91. The molecule has 0 aliphatic carbocycles. The lowest BCUT2D eigenvalue weighted by Crippen LogP contribution is -2.07. The highest BCUT2D eigenvalue weighted by Crippen LogP contribution is 2.29. The molecular weight excluding hydrogens is 344 g/mol. The van der Waals surface area contributed by atoms with Crippen molar-refractivity contribution in [1.82, 2.24) is 0 Å². The molecule has 1 N–H and O–H groups in total. The Bertz CT molecular complexity index is 343. The van der Waals surface area contributed by atoms with Crippen LogP contribution in [0.15, 0.2) is 27.1 Å². The van der Waals surface area contributed by atoms with Crippen molar-refractivity contribution >= 4 is 31.9 Å². The molecule has 0 aliphatic heterocycles. The van der Waals surface area contributed by atoms with Gasteiger partial charge in [0.05, 0.1) is 6.10 Å². The van der Waals surface area contributed by atoms with Crippen molar-refractivity contribution in [2.24, 2.45) is 11.8 Å². The molecule has 1 aromatic carbocycles. The molecule has 1 aromatic rings. The molecule has 0 aliphatic rings. The maximum absolute atomic E-state index is 10.2. The fourth-order valence-corrected chi connectivity index (χ4v) is 3.51. The van der Waals surface area contributed by atoms with E-state index in [0.717, 1.165) is 27.4 Å². The molecule has 0 heterocycles. The van der Waals surface area contributed by atoms with Gasteiger partial charge in [0, 0.05) is 8.95 Å².